The summed E-state index contributed by atoms with van der Waals surface area (Å²) in [5.74, 6) is 0.270. The molecule has 0 aromatic heterocycles. The van der Waals surface area contributed by atoms with Crippen LogP contribution in [0.2, 0.25) is 0 Å². The second-order valence-electron chi connectivity index (χ2n) is 12.9. The van der Waals surface area contributed by atoms with E-state index in [2.05, 4.69) is 48.7 Å². The predicted molar refractivity (Wildman–Crippen MR) is 165 cm³/mol. The maximum absolute atomic E-state index is 13.6. The molecule has 4 atom stereocenters. The summed E-state index contributed by atoms with van der Waals surface area (Å²) >= 11 is 1.71. The van der Waals surface area contributed by atoms with Crippen LogP contribution < -0.4 is 10.6 Å². The van der Waals surface area contributed by atoms with E-state index >= 15 is 0 Å². The summed E-state index contributed by atoms with van der Waals surface area (Å²) in [5, 5.41) is 5.66. The van der Waals surface area contributed by atoms with Crippen LogP contribution in [0.3, 0.4) is 0 Å². The molecule has 0 radical (unpaired) electrons. The zero-order valence-corrected chi connectivity index (χ0v) is 26.7. The van der Waals surface area contributed by atoms with E-state index in [1.54, 1.807) is 11.8 Å². The van der Waals surface area contributed by atoms with Gasteiger partial charge in [-0.2, -0.15) is 13.2 Å². The highest BCUT2D eigenvalue weighted by molar-refractivity contribution is 7.99. The van der Waals surface area contributed by atoms with E-state index < -0.39 is 35.4 Å². The first kappa shape index (κ1) is 33.7. The third-order valence-corrected chi connectivity index (χ3v) is 9.27. The van der Waals surface area contributed by atoms with Gasteiger partial charge in [0.15, 0.2) is 0 Å². The van der Waals surface area contributed by atoms with Crippen molar-refractivity contribution in [3.8, 4) is 0 Å². The number of hydrogen-bond acceptors (Lipinski definition) is 5. The number of amides is 3. The van der Waals surface area contributed by atoms with E-state index in [1.807, 2.05) is 25.7 Å². The van der Waals surface area contributed by atoms with Gasteiger partial charge < -0.3 is 20.3 Å². The molecule has 7 nitrogen and oxygen atoms in total. The zero-order valence-electron chi connectivity index (χ0n) is 25.9. The topological polar surface area (TPSA) is 87.7 Å². The first-order valence-electron chi connectivity index (χ1n) is 15.1. The smallest absolute Gasteiger partial charge is 0.416 e. The van der Waals surface area contributed by atoms with Gasteiger partial charge in [0.25, 0.3) is 5.91 Å². The number of alkyl carbamates (subject to hydrolysis) is 1. The molecule has 1 heterocycles. The van der Waals surface area contributed by atoms with E-state index in [0.29, 0.717) is 38.1 Å². The zero-order chi connectivity index (χ0) is 32.2. The second-order valence-corrected chi connectivity index (χ2v) is 14.0. The molecule has 44 heavy (non-hydrogen) atoms. The lowest BCUT2D eigenvalue weighted by atomic mass is 9.81. The number of nitrogens with one attached hydrogen (secondary N) is 2. The van der Waals surface area contributed by atoms with Gasteiger partial charge in [0.05, 0.1) is 5.56 Å². The number of ether oxygens (including phenoxy) is 1. The maximum Gasteiger partial charge on any atom is 0.416 e. The number of hydrogen-bond donors (Lipinski definition) is 2. The van der Waals surface area contributed by atoms with Gasteiger partial charge in [-0.25, -0.2) is 4.79 Å². The molecule has 0 spiro atoms. The van der Waals surface area contributed by atoms with Crippen LogP contribution in [-0.4, -0.2) is 58.8 Å². The Morgan fingerprint density at radius 3 is 2.36 bits per heavy atom. The molecule has 2 aromatic rings. The minimum absolute atomic E-state index is 0.0559. The minimum atomic E-state index is -4.57. The van der Waals surface area contributed by atoms with Crippen molar-refractivity contribution in [3.63, 3.8) is 0 Å². The summed E-state index contributed by atoms with van der Waals surface area (Å²) in [6.45, 7) is 10.2. The average Bonchev–Trinajstić information content (AvgIpc) is 3.30. The lowest BCUT2D eigenvalue weighted by molar-refractivity contribution is -0.137. The van der Waals surface area contributed by atoms with Crippen LogP contribution in [0.1, 0.15) is 87.7 Å². The van der Waals surface area contributed by atoms with E-state index in [4.69, 9.17) is 4.74 Å². The molecule has 4 rings (SSSR count). The Bertz CT molecular complexity index is 1330. The van der Waals surface area contributed by atoms with Crippen molar-refractivity contribution < 1.29 is 32.3 Å². The molecule has 2 aliphatic rings. The van der Waals surface area contributed by atoms with Gasteiger partial charge in [0.2, 0.25) is 5.91 Å². The van der Waals surface area contributed by atoms with Crippen molar-refractivity contribution >= 4 is 29.7 Å². The Morgan fingerprint density at radius 2 is 1.73 bits per heavy atom. The van der Waals surface area contributed by atoms with Crippen LogP contribution >= 0.6 is 11.8 Å². The van der Waals surface area contributed by atoms with Gasteiger partial charge >= 0.3 is 12.3 Å². The molecular weight excluding hydrogens is 591 g/mol. The molecule has 2 N–H and O–H groups in total. The molecule has 1 aliphatic heterocycles. The lowest BCUT2D eigenvalue weighted by Crippen LogP contribution is -2.52. The summed E-state index contributed by atoms with van der Waals surface area (Å²) in [4.78, 5) is 41.9. The predicted octanol–water partition coefficient (Wildman–Crippen LogP) is 7.01. The first-order valence-corrected chi connectivity index (χ1v) is 16.1. The Labute approximate surface area is 261 Å². The molecule has 1 aliphatic carbocycles. The number of carbonyl (C=O) groups is 3. The van der Waals surface area contributed by atoms with Crippen LogP contribution in [0.25, 0.3) is 0 Å². The first-order chi connectivity index (χ1) is 20.6. The van der Waals surface area contributed by atoms with Crippen molar-refractivity contribution in [1.82, 2.24) is 15.5 Å². The molecule has 2 fully saturated rings. The van der Waals surface area contributed by atoms with E-state index in [1.165, 1.54) is 17.7 Å². The van der Waals surface area contributed by atoms with Gasteiger partial charge in [0, 0.05) is 34.8 Å². The normalized spacial score (nSPS) is 22.7. The fourth-order valence-electron chi connectivity index (χ4n) is 5.84. The van der Waals surface area contributed by atoms with Crippen molar-refractivity contribution in [2.75, 3.05) is 12.3 Å². The quantitative estimate of drug-likeness (QED) is 0.306. The van der Waals surface area contributed by atoms with E-state index in [0.717, 1.165) is 22.8 Å². The van der Waals surface area contributed by atoms with E-state index in [-0.39, 0.29) is 29.5 Å². The summed E-state index contributed by atoms with van der Waals surface area (Å²) in [6.07, 6.45) is -2.68. The summed E-state index contributed by atoms with van der Waals surface area (Å²) < 4.78 is 44.9. The number of thioether (sulfide) groups is 1. The highest BCUT2D eigenvalue weighted by Gasteiger charge is 2.42. The third-order valence-electron chi connectivity index (χ3n) is 8.07. The number of benzene rings is 2. The van der Waals surface area contributed by atoms with Gasteiger partial charge in [-0.05, 0) is 94.2 Å². The average molecular weight is 634 g/mol. The number of halogens is 3. The Hall–Kier alpha value is -3.21. The van der Waals surface area contributed by atoms with Crippen LogP contribution in [-0.2, 0) is 15.7 Å². The fraction of sp³-hybridized carbons (Fsp3) is 0.545. The van der Waals surface area contributed by atoms with Gasteiger partial charge in [-0.3, -0.25) is 9.59 Å². The fourth-order valence-corrected chi connectivity index (χ4v) is 6.93. The largest absolute Gasteiger partial charge is 0.444 e. The van der Waals surface area contributed by atoms with Crippen molar-refractivity contribution in [2.45, 2.75) is 101 Å². The van der Waals surface area contributed by atoms with Gasteiger partial charge in [-0.1, -0.05) is 32.0 Å². The Balaban J connectivity index is 1.44. The number of carbonyl (C=O) groups excluding carboxylic acids is 3. The van der Waals surface area contributed by atoms with Gasteiger partial charge in [0.1, 0.15) is 11.6 Å². The molecule has 11 heteroatoms. The molecule has 0 bridgehead atoms. The Kier molecular flexibility index (Phi) is 10.6. The van der Waals surface area contributed by atoms with Crippen LogP contribution in [0.4, 0.5) is 18.0 Å². The second kappa shape index (κ2) is 13.8. The number of likely N-dealkylation sites (tertiary alicyclic amines) is 1. The Morgan fingerprint density at radius 1 is 1.02 bits per heavy atom. The number of nitrogens with zero attached hydrogens (tertiary/aromatic N) is 1. The van der Waals surface area contributed by atoms with Crippen molar-refractivity contribution in [1.29, 1.82) is 0 Å². The van der Waals surface area contributed by atoms with E-state index in [9.17, 15) is 27.6 Å². The lowest BCUT2D eigenvalue weighted by Gasteiger charge is -2.41. The van der Waals surface area contributed by atoms with Crippen molar-refractivity contribution in [2.24, 2.45) is 5.92 Å². The number of rotatable bonds is 8. The highest BCUT2D eigenvalue weighted by Crippen LogP contribution is 2.36. The molecule has 2 aromatic carbocycles. The molecule has 1 saturated heterocycles. The molecule has 1 saturated carbocycles. The SMILES string of the molecule is CC(C)c1ccc(SC[C@@H]2C[C@H](NC(=O)OC(C)(C)C)CC[C@@H]2N2CC[C@H](NC(=O)c3cccc(C(F)(F)F)c3)C2=O)cc1. The third kappa shape index (κ3) is 8.92. The van der Waals surface area contributed by atoms with Crippen LogP contribution in [0.15, 0.2) is 53.4 Å². The minimum Gasteiger partial charge on any atom is -0.444 e. The molecule has 240 valence electrons. The summed E-state index contributed by atoms with van der Waals surface area (Å²) in [6, 6.07) is 11.6. The number of alkyl halides is 3. The van der Waals surface area contributed by atoms with Crippen molar-refractivity contribution in [3.05, 3.63) is 65.2 Å². The summed E-state index contributed by atoms with van der Waals surface area (Å²) in [5.41, 5.74) is -0.417. The monoisotopic (exact) mass is 633 g/mol. The molecule has 3 amide bonds. The summed E-state index contributed by atoms with van der Waals surface area (Å²) in [7, 11) is 0. The maximum atomic E-state index is 13.6. The molecule has 0 unspecified atom stereocenters. The highest BCUT2D eigenvalue weighted by atomic mass is 32.2. The van der Waals surface area contributed by atoms with Crippen LogP contribution in [0.5, 0.6) is 0 Å². The molecular formula is C33H42F3N3O4S. The van der Waals surface area contributed by atoms with Gasteiger partial charge in [-0.15, -0.1) is 11.8 Å². The standard InChI is InChI=1S/C33H42F3N3O4S/c1-20(2)21-9-12-26(13-10-21)44-19-23-18-25(37-31(42)43-32(3,4)5)11-14-28(23)39-16-15-27(30(39)41)38-29(40)22-7-6-8-24(17-22)33(34,35)36/h6-10,12-13,17,20,23,25,27-28H,11,14-16,18-19H2,1-5H3,(H,37,42)(H,38,40)/t23-,25+,27-,28-/m0/s1. The van der Waals surface area contributed by atoms with Crippen LogP contribution in [0, 0.1) is 5.92 Å².